The van der Waals surface area contributed by atoms with Crippen molar-refractivity contribution in [3.63, 3.8) is 0 Å². The molecule has 35 heavy (non-hydrogen) atoms. The highest BCUT2D eigenvalue weighted by Crippen LogP contribution is 2.27. The Balaban J connectivity index is 1.58. The first-order valence-corrected chi connectivity index (χ1v) is 13.1. The van der Waals surface area contributed by atoms with E-state index in [0.717, 1.165) is 12.8 Å². The molecule has 4 rings (SSSR count). The smallest absolute Gasteiger partial charge is 0.261 e. The van der Waals surface area contributed by atoms with Crippen LogP contribution in [0.1, 0.15) is 37.0 Å². The third-order valence-corrected chi connectivity index (χ3v) is 7.54. The summed E-state index contributed by atoms with van der Waals surface area (Å²) in [6.07, 6.45) is 2.32. The van der Waals surface area contributed by atoms with Crippen LogP contribution in [0.15, 0.2) is 58.2 Å². The molecule has 1 amide bonds. The number of carbonyl (C=O) groups is 1. The number of ether oxygens (including phenoxy) is 1. The van der Waals surface area contributed by atoms with Gasteiger partial charge >= 0.3 is 0 Å². The Labute approximate surface area is 204 Å². The van der Waals surface area contributed by atoms with Crippen molar-refractivity contribution >= 4 is 32.5 Å². The molecular formula is C25H30N4O5S. The topological polar surface area (TPSA) is 121 Å². The van der Waals surface area contributed by atoms with Crippen molar-refractivity contribution in [2.45, 2.75) is 43.7 Å². The van der Waals surface area contributed by atoms with Gasteiger partial charge in [-0.2, -0.15) is 0 Å². The maximum atomic E-state index is 13.0. The lowest BCUT2D eigenvalue weighted by Crippen LogP contribution is -2.41. The lowest BCUT2D eigenvalue weighted by Gasteiger charge is -2.24. The third kappa shape index (κ3) is 5.83. The second kappa shape index (κ2) is 10.1. The van der Waals surface area contributed by atoms with Crippen LogP contribution >= 0.6 is 0 Å². The number of amides is 1. The molecule has 1 aromatic heterocycles. The molecule has 1 fully saturated rings. The van der Waals surface area contributed by atoms with Crippen molar-refractivity contribution in [3.05, 3.63) is 64.4 Å². The molecule has 1 heterocycles. The van der Waals surface area contributed by atoms with Gasteiger partial charge in [0.1, 0.15) is 5.75 Å². The summed E-state index contributed by atoms with van der Waals surface area (Å²) >= 11 is 0. The van der Waals surface area contributed by atoms with Gasteiger partial charge in [0, 0.05) is 41.3 Å². The number of nitrogens with one attached hydrogen (secondary N) is 3. The molecule has 9 nitrogen and oxygen atoms in total. The predicted molar refractivity (Wildman–Crippen MR) is 136 cm³/mol. The summed E-state index contributed by atoms with van der Waals surface area (Å²) in [7, 11) is -1.91. The average molecular weight is 499 g/mol. The lowest BCUT2D eigenvalue weighted by molar-refractivity contribution is 0.0941. The minimum atomic E-state index is -3.94. The highest BCUT2D eigenvalue weighted by atomic mass is 32.2. The minimum absolute atomic E-state index is 0.0261. The summed E-state index contributed by atoms with van der Waals surface area (Å²) < 4.78 is 34.0. The number of fused-ring (bicyclic) bond motifs is 1. The molecule has 0 spiro atoms. The summed E-state index contributed by atoms with van der Waals surface area (Å²) in [6, 6.07) is 12.7. The van der Waals surface area contributed by atoms with Crippen molar-refractivity contribution in [2.75, 3.05) is 24.9 Å². The van der Waals surface area contributed by atoms with E-state index in [2.05, 4.69) is 19.9 Å². The van der Waals surface area contributed by atoms with Crippen molar-refractivity contribution < 1.29 is 17.9 Å². The summed E-state index contributed by atoms with van der Waals surface area (Å²) in [4.78, 5) is 30.0. The minimum Gasteiger partial charge on any atom is -0.494 e. The largest absolute Gasteiger partial charge is 0.494 e. The quantitative estimate of drug-likeness (QED) is 0.395. The predicted octanol–water partition coefficient (Wildman–Crippen LogP) is 2.94. The number of carbonyl (C=O) groups excluding carboxylic acids is 1. The molecule has 2 aromatic carbocycles. The highest BCUT2D eigenvalue weighted by molar-refractivity contribution is 7.92. The molecule has 10 heteroatoms. The molecule has 1 saturated carbocycles. The van der Waals surface area contributed by atoms with E-state index in [1.165, 1.54) is 24.3 Å². The van der Waals surface area contributed by atoms with Crippen LogP contribution in [-0.4, -0.2) is 56.5 Å². The first-order valence-electron chi connectivity index (χ1n) is 11.6. The van der Waals surface area contributed by atoms with Crippen LogP contribution in [0.25, 0.3) is 10.9 Å². The number of hydrogen-bond acceptors (Lipinski definition) is 6. The Hall–Kier alpha value is -3.37. The molecule has 0 bridgehead atoms. The number of benzene rings is 2. The molecule has 0 radical (unpaired) electrons. The number of aromatic amines is 1. The summed E-state index contributed by atoms with van der Waals surface area (Å²) in [5.41, 5.74) is 0.449. The number of hydrogen-bond donors (Lipinski definition) is 3. The van der Waals surface area contributed by atoms with Crippen molar-refractivity contribution in [1.82, 2.24) is 15.2 Å². The van der Waals surface area contributed by atoms with Gasteiger partial charge in [0.2, 0.25) is 5.56 Å². The SMILES string of the molecule is CCOc1ccc(NS(=O)(=O)c2ccc3[nH]c(=O)cc(C(=O)NCC(C)N(C)C4CC4)c3c2)cc1. The summed E-state index contributed by atoms with van der Waals surface area (Å²) in [5.74, 6) is 0.213. The standard InChI is InChI=1S/C25H30N4O5S/c1-4-34-19-9-5-17(6-10-19)28-35(32,33)20-11-12-23-21(13-20)22(14-24(30)27-23)25(31)26-15-16(2)29(3)18-7-8-18/h5-6,9-14,16,18,28H,4,7-8,15H2,1-3H3,(H,26,31)(H,27,30). The second-order valence-corrected chi connectivity index (χ2v) is 10.5. The van der Waals surface area contributed by atoms with Crippen LogP contribution in [0.3, 0.4) is 0 Å². The fourth-order valence-electron chi connectivity index (χ4n) is 3.91. The Morgan fingerprint density at radius 1 is 1.17 bits per heavy atom. The van der Waals surface area contributed by atoms with E-state index in [-0.39, 0.29) is 16.5 Å². The fourth-order valence-corrected chi connectivity index (χ4v) is 4.99. The van der Waals surface area contributed by atoms with Crippen LogP contribution in [0.5, 0.6) is 5.75 Å². The van der Waals surface area contributed by atoms with Crippen LogP contribution in [0.2, 0.25) is 0 Å². The maximum absolute atomic E-state index is 13.0. The van der Waals surface area contributed by atoms with Crippen molar-refractivity contribution in [3.8, 4) is 5.75 Å². The number of anilines is 1. The monoisotopic (exact) mass is 498 g/mol. The number of rotatable bonds is 10. The van der Waals surface area contributed by atoms with Gasteiger partial charge in [0.15, 0.2) is 0 Å². The van der Waals surface area contributed by atoms with Crippen LogP contribution in [0, 0.1) is 0 Å². The number of nitrogens with zero attached hydrogens (tertiary/aromatic N) is 1. The van der Waals surface area contributed by atoms with Crippen LogP contribution in [-0.2, 0) is 10.0 Å². The van der Waals surface area contributed by atoms with Gasteiger partial charge in [-0.25, -0.2) is 8.42 Å². The van der Waals surface area contributed by atoms with Crippen LogP contribution in [0.4, 0.5) is 5.69 Å². The average Bonchev–Trinajstić information content (AvgIpc) is 3.67. The summed E-state index contributed by atoms with van der Waals surface area (Å²) in [6.45, 7) is 4.82. The van der Waals surface area contributed by atoms with E-state index in [9.17, 15) is 18.0 Å². The fraction of sp³-hybridized carbons (Fsp3) is 0.360. The zero-order valence-electron chi connectivity index (χ0n) is 20.0. The van der Waals surface area contributed by atoms with E-state index in [0.29, 0.717) is 41.5 Å². The van der Waals surface area contributed by atoms with E-state index < -0.39 is 21.5 Å². The first-order chi connectivity index (χ1) is 16.7. The van der Waals surface area contributed by atoms with Gasteiger partial charge in [-0.1, -0.05) is 0 Å². The van der Waals surface area contributed by atoms with Crippen molar-refractivity contribution in [1.29, 1.82) is 0 Å². The highest BCUT2D eigenvalue weighted by Gasteiger charge is 2.29. The molecule has 3 N–H and O–H groups in total. The zero-order valence-corrected chi connectivity index (χ0v) is 20.8. The molecule has 1 aliphatic rings. The normalized spacial score (nSPS) is 14.6. The van der Waals surface area contributed by atoms with Gasteiger partial charge in [-0.05, 0) is 76.2 Å². The molecule has 1 unspecified atom stereocenters. The van der Waals surface area contributed by atoms with Gasteiger partial charge in [-0.3, -0.25) is 19.2 Å². The maximum Gasteiger partial charge on any atom is 0.261 e. The number of pyridine rings is 1. The van der Waals surface area contributed by atoms with Gasteiger partial charge in [0.25, 0.3) is 15.9 Å². The zero-order chi connectivity index (χ0) is 25.2. The Bertz CT molecular complexity index is 1380. The molecular weight excluding hydrogens is 468 g/mol. The molecule has 0 aliphatic heterocycles. The molecule has 3 aromatic rings. The molecule has 1 atom stereocenters. The first kappa shape index (κ1) is 24.7. The van der Waals surface area contributed by atoms with Crippen LogP contribution < -0.4 is 20.3 Å². The Morgan fingerprint density at radius 2 is 1.89 bits per heavy atom. The van der Waals surface area contributed by atoms with E-state index in [1.54, 1.807) is 24.3 Å². The van der Waals surface area contributed by atoms with Gasteiger partial charge in [0.05, 0.1) is 17.1 Å². The van der Waals surface area contributed by atoms with Gasteiger partial charge in [-0.15, -0.1) is 0 Å². The number of aromatic nitrogens is 1. The van der Waals surface area contributed by atoms with E-state index >= 15 is 0 Å². The molecule has 186 valence electrons. The second-order valence-electron chi connectivity index (χ2n) is 8.77. The Kier molecular flexibility index (Phi) is 7.13. The van der Waals surface area contributed by atoms with E-state index in [4.69, 9.17) is 4.74 Å². The van der Waals surface area contributed by atoms with Gasteiger partial charge < -0.3 is 15.0 Å². The third-order valence-electron chi connectivity index (χ3n) is 6.16. The lowest BCUT2D eigenvalue weighted by atomic mass is 10.1. The number of likely N-dealkylation sites (N-methyl/N-ethyl adjacent to an activating group) is 1. The number of sulfonamides is 1. The van der Waals surface area contributed by atoms with Crippen molar-refractivity contribution in [2.24, 2.45) is 0 Å². The molecule has 1 aliphatic carbocycles. The van der Waals surface area contributed by atoms with E-state index in [1.807, 2.05) is 20.9 Å². The summed E-state index contributed by atoms with van der Waals surface area (Å²) in [5, 5.41) is 3.23. The number of H-pyrrole nitrogens is 1. The Morgan fingerprint density at radius 3 is 2.54 bits per heavy atom. The molecule has 0 saturated heterocycles.